The molecule has 0 saturated carbocycles. The number of aliphatic hydroxyl groups is 4. The molecule has 0 bridgehead atoms. The van der Waals surface area contributed by atoms with E-state index in [-0.39, 0.29) is 34.3 Å². The van der Waals surface area contributed by atoms with Gasteiger partial charge in [-0.1, -0.05) is 0 Å². The number of benzene rings is 2. The van der Waals surface area contributed by atoms with E-state index < -0.39 is 61.8 Å². The van der Waals surface area contributed by atoms with Crippen LogP contribution in [0.3, 0.4) is 0 Å². The predicted molar refractivity (Wildman–Crippen MR) is 121 cm³/mol. The minimum Gasteiger partial charge on any atom is -0.571 e. The van der Waals surface area contributed by atoms with E-state index >= 15 is 0 Å². The number of carboxylic acids is 1. The smallest absolute Gasteiger partial charge is 0.317 e. The van der Waals surface area contributed by atoms with E-state index in [1.165, 1.54) is 24.3 Å². The van der Waals surface area contributed by atoms with Gasteiger partial charge in [-0.3, -0.25) is 9.59 Å². The standard InChI is InChI=1S/C24H24O13/c25-11-3-1-10(2-4-11)23-16(7-13-14(27)5-12(26)6-15(13)35-23)36-24-22(33)21(32)20(31)17(37-24)9-34-19(30)8-18(28)29/h1-7,17,20-27,31-33H,8-9H2,(H,28,29)/p+1/t17-,20-,21+,22-,23?,24-/m1/s1. The molecule has 2 heterocycles. The number of aliphatic carboxylic acids is 1. The Balaban J connectivity index is 1.61. The molecule has 2 aromatic rings. The first-order valence-corrected chi connectivity index (χ1v) is 11.0. The van der Waals surface area contributed by atoms with E-state index in [1.807, 2.05) is 0 Å². The maximum absolute atomic E-state index is 11.6. The van der Waals surface area contributed by atoms with E-state index in [4.69, 9.17) is 19.3 Å². The van der Waals surface area contributed by atoms with Crippen molar-refractivity contribution < 1.29 is 64.3 Å². The van der Waals surface area contributed by atoms with Crippen molar-refractivity contribution in [1.82, 2.24) is 0 Å². The predicted octanol–water partition coefficient (Wildman–Crippen LogP) is -0.0174. The van der Waals surface area contributed by atoms with Gasteiger partial charge in [-0.2, -0.15) is 0 Å². The van der Waals surface area contributed by atoms with Crippen LogP contribution in [0.5, 0.6) is 23.0 Å². The van der Waals surface area contributed by atoms with Crippen molar-refractivity contribution in [1.29, 1.82) is 0 Å². The zero-order chi connectivity index (χ0) is 26.9. The third-order valence-electron chi connectivity index (χ3n) is 5.78. The van der Waals surface area contributed by atoms with Crippen molar-refractivity contribution in [2.45, 2.75) is 43.2 Å². The van der Waals surface area contributed by atoms with Crippen molar-refractivity contribution in [2.75, 3.05) is 6.61 Å². The van der Waals surface area contributed by atoms with Crippen LogP contribution in [0.4, 0.5) is 0 Å². The highest BCUT2D eigenvalue weighted by atomic mass is 16.7. The lowest BCUT2D eigenvalue weighted by atomic mass is 9.98. The summed E-state index contributed by atoms with van der Waals surface area (Å²) in [7, 11) is 0. The first kappa shape index (κ1) is 26.0. The molecule has 37 heavy (non-hydrogen) atoms. The molecule has 0 amide bonds. The number of ether oxygens (including phenoxy) is 4. The summed E-state index contributed by atoms with van der Waals surface area (Å²) in [6.45, 7) is -0.634. The molecular weight excluding hydrogens is 496 g/mol. The number of aliphatic hydroxyl groups excluding tert-OH is 3. The van der Waals surface area contributed by atoms with Gasteiger partial charge in [0.05, 0.1) is 11.6 Å². The quantitative estimate of drug-likeness (QED) is 0.145. The fraction of sp³-hybridized carbons (Fsp3) is 0.333. The molecular formula is C24H25O13+. The number of aromatic hydroxyl groups is 4. The highest BCUT2D eigenvalue weighted by molar-refractivity contribution is 5.90. The van der Waals surface area contributed by atoms with Gasteiger partial charge in [0, 0.05) is 12.1 Å². The van der Waals surface area contributed by atoms with Gasteiger partial charge in [-0.05, 0) is 24.3 Å². The second-order valence-corrected chi connectivity index (χ2v) is 8.45. The van der Waals surface area contributed by atoms with Gasteiger partial charge < -0.3 is 54.7 Å². The molecule has 1 fully saturated rings. The number of carbonyl (C=O) groups is 2. The molecule has 13 nitrogen and oxygen atoms in total. The number of rotatable bonds is 7. The van der Waals surface area contributed by atoms with Gasteiger partial charge in [-0.15, -0.1) is 0 Å². The summed E-state index contributed by atoms with van der Waals surface area (Å²) in [6, 6.07) is 8.34. The number of phenols is 3. The van der Waals surface area contributed by atoms with Crippen molar-refractivity contribution in [3.05, 3.63) is 53.3 Å². The minimum atomic E-state index is -1.78. The first-order valence-electron chi connectivity index (χ1n) is 11.0. The first-order chi connectivity index (χ1) is 17.5. The van der Waals surface area contributed by atoms with E-state index in [0.29, 0.717) is 5.56 Å². The monoisotopic (exact) mass is 521 g/mol. The van der Waals surface area contributed by atoms with Crippen LogP contribution in [0.1, 0.15) is 23.7 Å². The number of carboxylic acid groups (broad SMARTS) is 1. The largest absolute Gasteiger partial charge is 0.571 e. The summed E-state index contributed by atoms with van der Waals surface area (Å²) in [5.74, 6) is -2.81. The van der Waals surface area contributed by atoms with Gasteiger partial charge in [-0.25, -0.2) is 0 Å². The summed E-state index contributed by atoms with van der Waals surface area (Å²) in [5, 5.41) is 69.6. The Hall–Kier alpha value is -4.04. The Labute approximate surface area is 209 Å². The van der Waals surface area contributed by atoms with Crippen molar-refractivity contribution in [3.8, 4) is 23.0 Å². The maximum Gasteiger partial charge on any atom is 0.317 e. The van der Waals surface area contributed by atoms with Crippen LogP contribution in [0, 0.1) is 0 Å². The molecule has 6 atom stereocenters. The molecule has 2 aliphatic rings. The Morgan fingerprint density at radius 2 is 1.65 bits per heavy atom. The molecule has 198 valence electrons. The van der Waals surface area contributed by atoms with E-state index in [1.54, 1.807) is 12.1 Å². The molecule has 8 N–H and O–H groups in total. The van der Waals surface area contributed by atoms with Crippen LogP contribution in [0.25, 0.3) is 6.08 Å². The van der Waals surface area contributed by atoms with E-state index in [0.717, 1.165) is 6.07 Å². The second-order valence-electron chi connectivity index (χ2n) is 8.45. The third-order valence-corrected chi connectivity index (χ3v) is 5.78. The highest BCUT2D eigenvalue weighted by Crippen LogP contribution is 2.45. The van der Waals surface area contributed by atoms with Crippen LogP contribution in [0.2, 0.25) is 0 Å². The molecule has 2 aliphatic heterocycles. The number of carbonyl (C=O) groups excluding carboxylic acids is 1. The number of hydrogen-bond donors (Lipinski definition) is 7. The van der Waals surface area contributed by atoms with Gasteiger partial charge in [0.15, 0.2) is 5.76 Å². The molecule has 13 heteroatoms. The summed E-state index contributed by atoms with van der Waals surface area (Å²) in [4.78, 5) is 22.2. The Morgan fingerprint density at radius 1 is 0.946 bits per heavy atom. The minimum absolute atomic E-state index is 0.00914. The zero-order valence-electron chi connectivity index (χ0n) is 19.0. The average Bonchev–Trinajstić information content (AvgIpc) is 2.83. The lowest BCUT2D eigenvalue weighted by Gasteiger charge is -2.40. The van der Waals surface area contributed by atoms with Crippen molar-refractivity contribution in [3.63, 3.8) is 0 Å². The third kappa shape index (κ3) is 5.70. The number of fused-ring (bicyclic) bond motifs is 1. The van der Waals surface area contributed by atoms with E-state index in [2.05, 4.69) is 4.74 Å². The molecule has 0 radical (unpaired) electrons. The summed E-state index contributed by atoms with van der Waals surface area (Å²) >= 11 is 0. The molecule has 0 aromatic heterocycles. The number of esters is 1. The molecule has 4 rings (SSSR count). The van der Waals surface area contributed by atoms with Gasteiger partial charge in [0.1, 0.15) is 60.3 Å². The normalized spacial score (nSPS) is 26.8. The molecule has 0 spiro atoms. The lowest BCUT2D eigenvalue weighted by Crippen LogP contribution is -2.59. The maximum atomic E-state index is 11.6. The Morgan fingerprint density at radius 3 is 2.32 bits per heavy atom. The second kappa shape index (κ2) is 10.5. The molecule has 1 saturated heterocycles. The van der Waals surface area contributed by atoms with Gasteiger partial charge in [0.2, 0.25) is 6.29 Å². The zero-order valence-corrected chi connectivity index (χ0v) is 19.0. The molecule has 1 unspecified atom stereocenters. The lowest BCUT2D eigenvalue weighted by molar-refractivity contribution is -0.296. The van der Waals surface area contributed by atoms with Gasteiger partial charge in [0.25, 0.3) is 11.9 Å². The summed E-state index contributed by atoms with van der Waals surface area (Å²) < 4.78 is 20.7. The highest BCUT2D eigenvalue weighted by Gasteiger charge is 2.47. The van der Waals surface area contributed by atoms with Crippen LogP contribution in [-0.2, 0) is 23.8 Å². The average molecular weight is 521 g/mol. The van der Waals surface area contributed by atoms with Crippen LogP contribution in [0.15, 0.2) is 42.2 Å². The Bertz CT molecular complexity index is 1190. The van der Waals surface area contributed by atoms with Gasteiger partial charge >= 0.3 is 11.9 Å². The number of hydrogen-bond acceptors (Lipinski definition) is 11. The van der Waals surface area contributed by atoms with Crippen LogP contribution in [-0.4, -0.2) is 89.7 Å². The van der Waals surface area contributed by atoms with E-state index in [9.17, 15) is 40.2 Å². The molecule has 2 aromatic carbocycles. The van der Waals surface area contributed by atoms with Crippen LogP contribution >= 0.6 is 0 Å². The summed E-state index contributed by atoms with van der Waals surface area (Å²) in [5.41, 5.74) is 0.704. The van der Waals surface area contributed by atoms with Crippen molar-refractivity contribution >= 4 is 18.0 Å². The summed E-state index contributed by atoms with van der Waals surface area (Å²) in [6.07, 6.45) is -8.67. The fourth-order valence-corrected chi connectivity index (χ4v) is 3.92. The topological polar surface area (TPSA) is 216 Å². The Kier molecular flexibility index (Phi) is 7.40. The van der Waals surface area contributed by atoms with Crippen LogP contribution < -0.4 is 0 Å². The van der Waals surface area contributed by atoms with Crippen molar-refractivity contribution in [2.24, 2.45) is 0 Å². The fourth-order valence-electron chi connectivity index (χ4n) is 3.92. The SMILES string of the molecule is O=C(O)CC(=O)OC[C@H]1O[C@@H](OC2=Cc3c(O)cc(O)cc3[OH+]C2c2ccc(O)cc2)[C@H](O)[C@@H](O)[C@@H]1O. The number of phenolic OH excluding ortho intramolecular Hbond substituents is 3. The molecule has 0 aliphatic carbocycles.